The van der Waals surface area contributed by atoms with Crippen LogP contribution in [-0.4, -0.2) is 31.4 Å². The summed E-state index contributed by atoms with van der Waals surface area (Å²) >= 11 is 5.65. The Balaban J connectivity index is 3.00. The Bertz CT molecular complexity index is 602. The number of primary amides is 1. The van der Waals surface area contributed by atoms with Crippen LogP contribution in [0.25, 0.3) is 0 Å². The minimum Gasteiger partial charge on any atom is -0.480 e. The number of carbonyl (C=O) groups excluding carboxylic acids is 1. The van der Waals surface area contributed by atoms with Crippen molar-refractivity contribution in [1.29, 1.82) is 0 Å². The molecule has 1 aromatic carbocycles. The fourth-order valence-corrected chi connectivity index (χ4v) is 2.76. The van der Waals surface area contributed by atoms with Gasteiger partial charge in [-0.25, -0.2) is 8.42 Å². The van der Waals surface area contributed by atoms with E-state index in [1.165, 1.54) is 18.2 Å². The summed E-state index contributed by atoms with van der Waals surface area (Å²) in [6, 6.07) is 3.66. The van der Waals surface area contributed by atoms with Gasteiger partial charge in [-0.15, -0.1) is 0 Å². The largest absolute Gasteiger partial charge is 0.480 e. The average Bonchev–Trinajstić information content (AvgIpc) is 2.27. The summed E-state index contributed by atoms with van der Waals surface area (Å²) < 4.78 is 25.7. The number of amides is 1. The lowest BCUT2D eigenvalue weighted by Gasteiger charge is -2.13. The molecule has 7 nitrogen and oxygen atoms in total. The van der Waals surface area contributed by atoms with Crippen LogP contribution in [0.4, 0.5) is 0 Å². The molecule has 0 unspecified atom stereocenters. The van der Waals surface area contributed by atoms with Gasteiger partial charge in [-0.2, -0.15) is 4.72 Å². The van der Waals surface area contributed by atoms with E-state index in [1.807, 2.05) is 4.72 Å². The van der Waals surface area contributed by atoms with Crippen LogP contribution in [0, 0.1) is 0 Å². The molecule has 0 aromatic heterocycles. The molecule has 1 rings (SSSR count). The summed E-state index contributed by atoms with van der Waals surface area (Å²) in [5.41, 5.74) is 4.85. The second-order valence-electron chi connectivity index (χ2n) is 3.64. The maximum Gasteiger partial charge on any atom is 0.322 e. The number of halogens is 1. The predicted octanol–water partition coefficient (Wildman–Crippen LogP) is -0.0531. The Morgan fingerprint density at radius 1 is 1.42 bits per heavy atom. The Labute approximate surface area is 114 Å². The highest BCUT2D eigenvalue weighted by atomic mass is 35.5. The Morgan fingerprint density at radius 3 is 2.53 bits per heavy atom. The van der Waals surface area contributed by atoms with E-state index in [1.54, 1.807) is 0 Å². The molecule has 1 amide bonds. The predicted molar refractivity (Wildman–Crippen MR) is 67.0 cm³/mol. The van der Waals surface area contributed by atoms with Crippen LogP contribution >= 0.6 is 11.6 Å². The Hall–Kier alpha value is -1.64. The molecule has 0 saturated heterocycles. The number of nitrogens with two attached hydrogens (primary N) is 1. The van der Waals surface area contributed by atoms with Crippen molar-refractivity contribution in [3.63, 3.8) is 0 Å². The van der Waals surface area contributed by atoms with Crippen molar-refractivity contribution in [3.8, 4) is 0 Å². The Morgan fingerprint density at radius 2 is 2.05 bits per heavy atom. The van der Waals surface area contributed by atoms with Crippen molar-refractivity contribution in [3.05, 3.63) is 29.3 Å². The van der Waals surface area contributed by atoms with Crippen LogP contribution in [0.15, 0.2) is 29.2 Å². The molecule has 0 aliphatic heterocycles. The molecule has 0 aliphatic rings. The zero-order valence-electron chi connectivity index (χ0n) is 9.54. The molecule has 4 N–H and O–H groups in total. The molecule has 1 aromatic rings. The topological polar surface area (TPSA) is 127 Å². The monoisotopic (exact) mass is 306 g/mol. The lowest BCUT2D eigenvalue weighted by atomic mass is 10.2. The number of carboxylic acid groups (broad SMARTS) is 1. The van der Waals surface area contributed by atoms with Crippen LogP contribution in [0.5, 0.6) is 0 Å². The summed E-state index contributed by atoms with van der Waals surface area (Å²) in [7, 11) is -4.10. The SMILES string of the molecule is NC(=O)C[C@@H](NS(=O)(=O)c1cccc(Cl)c1)C(=O)O. The number of benzene rings is 1. The molecule has 104 valence electrons. The lowest BCUT2D eigenvalue weighted by Crippen LogP contribution is -2.43. The highest BCUT2D eigenvalue weighted by Gasteiger charge is 2.26. The third kappa shape index (κ3) is 4.51. The van der Waals surface area contributed by atoms with E-state index < -0.39 is 34.4 Å². The average molecular weight is 307 g/mol. The highest BCUT2D eigenvalue weighted by Crippen LogP contribution is 2.15. The molecule has 0 fully saturated rings. The van der Waals surface area contributed by atoms with Gasteiger partial charge in [0.25, 0.3) is 0 Å². The van der Waals surface area contributed by atoms with Crippen molar-refractivity contribution in [1.82, 2.24) is 4.72 Å². The number of nitrogens with one attached hydrogen (secondary N) is 1. The molecular formula is C10H11ClN2O5S. The van der Waals surface area contributed by atoms with Gasteiger partial charge in [0.15, 0.2) is 0 Å². The summed E-state index contributed by atoms with van der Waals surface area (Å²) in [6.07, 6.45) is -0.644. The van der Waals surface area contributed by atoms with Crippen molar-refractivity contribution in [2.75, 3.05) is 0 Å². The fraction of sp³-hybridized carbons (Fsp3) is 0.200. The Kier molecular flexibility index (Phi) is 4.87. The minimum atomic E-state index is -4.10. The summed E-state index contributed by atoms with van der Waals surface area (Å²) in [5, 5.41) is 9.01. The molecular weight excluding hydrogens is 296 g/mol. The van der Waals surface area contributed by atoms with Crippen LogP contribution in [-0.2, 0) is 19.6 Å². The third-order valence-electron chi connectivity index (χ3n) is 2.11. The van der Waals surface area contributed by atoms with Crippen LogP contribution in [0.3, 0.4) is 0 Å². The molecule has 0 heterocycles. The summed E-state index contributed by atoms with van der Waals surface area (Å²) in [4.78, 5) is 21.3. The number of carbonyl (C=O) groups is 2. The highest BCUT2D eigenvalue weighted by molar-refractivity contribution is 7.89. The van der Waals surface area contributed by atoms with E-state index in [9.17, 15) is 18.0 Å². The second kappa shape index (κ2) is 6.00. The molecule has 0 bridgehead atoms. The summed E-state index contributed by atoms with van der Waals surface area (Å²) in [6.45, 7) is 0. The van der Waals surface area contributed by atoms with Crippen LogP contribution < -0.4 is 10.5 Å². The second-order valence-corrected chi connectivity index (χ2v) is 5.79. The van der Waals surface area contributed by atoms with Crippen LogP contribution in [0.2, 0.25) is 5.02 Å². The number of hydrogen-bond acceptors (Lipinski definition) is 4. The van der Waals surface area contributed by atoms with Gasteiger partial charge >= 0.3 is 5.97 Å². The minimum absolute atomic E-state index is 0.185. The van der Waals surface area contributed by atoms with Crippen molar-refractivity contribution >= 4 is 33.5 Å². The molecule has 0 saturated carbocycles. The zero-order valence-corrected chi connectivity index (χ0v) is 11.1. The molecule has 1 atom stereocenters. The molecule has 19 heavy (non-hydrogen) atoms. The molecule has 0 radical (unpaired) electrons. The smallest absolute Gasteiger partial charge is 0.322 e. The van der Waals surface area contributed by atoms with E-state index in [2.05, 4.69) is 0 Å². The number of sulfonamides is 1. The quantitative estimate of drug-likeness (QED) is 0.679. The first-order valence-electron chi connectivity index (χ1n) is 5.01. The normalized spacial score (nSPS) is 12.9. The first-order valence-corrected chi connectivity index (χ1v) is 6.87. The van der Waals surface area contributed by atoms with E-state index in [0.29, 0.717) is 0 Å². The van der Waals surface area contributed by atoms with Crippen molar-refractivity contribution < 1.29 is 23.1 Å². The van der Waals surface area contributed by atoms with Gasteiger partial charge < -0.3 is 10.8 Å². The fourth-order valence-electron chi connectivity index (χ4n) is 1.27. The van der Waals surface area contributed by atoms with Gasteiger partial charge in [0.2, 0.25) is 15.9 Å². The number of carboxylic acids is 1. The summed E-state index contributed by atoms with van der Waals surface area (Å²) in [5.74, 6) is -2.43. The van der Waals surface area contributed by atoms with Crippen molar-refractivity contribution in [2.45, 2.75) is 17.4 Å². The molecule has 0 spiro atoms. The van der Waals surface area contributed by atoms with E-state index >= 15 is 0 Å². The van der Waals surface area contributed by atoms with Gasteiger partial charge in [0.05, 0.1) is 11.3 Å². The van der Waals surface area contributed by atoms with E-state index in [-0.39, 0.29) is 9.92 Å². The van der Waals surface area contributed by atoms with Gasteiger partial charge in [-0.3, -0.25) is 9.59 Å². The molecule has 0 aliphatic carbocycles. The third-order valence-corrected chi connectivity index (χ3v) is 3.81. The number of rotatable bonds is 6. The van der Waals surface area contributed by atoms with E-state index in [0.717, 1.165) is 6.07 Å². The van der Waals surface area contributed by atoms with Gasteiger partial charge in [-0.05, 0) is 18.2 Å². The maximum absolute atomic E-state index is 11.9. The number of aliphatic carboxylic acids is 1. The van der Waals surface area contributed by atoms with Crippen molar-refractivity contribution in [2.24, 2.45) is 5.73 Å². The lowest BCUT2D eigenvalue weighted by molar-refractivity contribution is -0.140. The van der Waals surface area contributed by atoms with Gasteiger partial charge in [-0.1, -0.05) is 17.7 Å². The van der Waals surface area contributed by atoms with Gasteiger partial charge in [0.1, 0.15) is 6.04 Å². The standard InChI is InChI=1S/C10H11ClN2O5S/c11-6-2-1-3-7(4-6)19(17,18)13-8(10(15)16)5-9(12)14/h1-4,8,13H,5H2,(H2,12,14)(H,15,16)/t8-/m1/s1. The van der Waals surface area contributed by atoms with Gasteiger partial charge in [0, 0.05) is 5.02 Å². The first-order chi connectivity index (χ1) is 8.72. The number of hydrogen-bond donors (Lipinski definition) is 3. The van der Waals surface area contributed by atoms with Crippen LogP contribution in [0.1, 0.15) is 6.42 Å². The molecule has 9 heteroatoms. The zero-order chi connectivity index (χ0) is 14.6. The maximum atomic E-state index is 11.9. The first kappa shape index (κ1) is 15.4. The van der Waals surface area contributed by atoms with E-state index in [4.69, 9.17) is 22.4 Å².